The highest BCUT2D eigenvalue weighted by atomic mass is 35.5. The van der Waals surface area contributed by atoms with Crippen LogP contribution in [-0.2, 0) is 6.54 Å². The number of amides is 2. The van der Waals surface area contributed by atoms with Crippen LogP contribution in [0.3, 0.4) is 0 Å². The molecule has 0 bridgehead atoms. The average Bonchev–Trinajstić information content (AvgIpc) is 3.60. The van der Waals surface area contributed by atoms with Crippen molar-refractivity contribution in [2.75, 3.05) is 0 Å². The number of fused-ring (bicyclic) bond motifs is 2. The van der Waals surface area contributed by atoms with Crippen molar-refractivity contribution in [1.29, 1.82) is 0 Å². The molecule has 2 aliphatic carbocycles. The van der Waals surface area contributed by atoms with Gasteiger partial charge in [-0.15, -0.1) is 0 Å². The Labute approximate surface area is 243 Å². The van der Waals surface area contributed by atoms with Gasteiger partial charge in [0.05, 0.1) is 33.7 Å². The lowest BCUT2D eigenvalue weighted by molar-refractivity contribution is 0.237. The maximum atomic E-state index is 13.6. The molecular formula is C32H29Cl2FN4O. The Hall–Kier alpha value is -3.61. The molecule has 3 unspecified atom stereocenters. The van der Waals surface area contributed by atoms with E-state index in [1.807, 2.05) is 29.9 Å². The van der Waals surface area contributed by atoms with Crippen molar-refractivity contribution in [1.82, 2.24) is 20.4 Å². The molecular weight excluding hydrogens is 546 g/mol. The molecule has 0 aliphatic heterocycles. The van der Waals surface area contributed by atoms with Crippen molar-refractivity contribution in [2.45, 2.75) is 44.7 Å². The Morgan fingerprint density at radius 2 is 1.88 bits per heavy atom. The predicted octanol–water partition coefficient (Wildman–Crippen LogP) is 8.21. The van der Waals surface area contributed by atoms with E-state index >= 15 is 0 Å². The standard InChI is InChI=1S/C32H29Cl2FN4O/c1-19(38-32(40)36-17-20-9-14-28(33)29(34)15-20)24-6-2-3-7-26(24)31-25-8-4-5-21(25)16-30-27(31)18-37-39(30)23-12-10-22(35)11-13-23/h2-3,6-7,9-16,18-19,25,31H,4-5,8,17H2,1H3,(H2,36,38,40). The van der Waals surface area contributed by atoms with Gasteiger partial charge in [0.1, 0.15) is 5.82 Å². The zero-order valence-corrected chi connectivity index (χ0v) is 23.5. The summed E-state index contributed by atoms with van der Waals surface area (Å²) in [7, 11) is 0. The fourth-order valence-electron chi connectivity index (χ4n) is 6.12. The summed E-state index contributed by atoms with van der Waals surface area (Å²) < 4.78 is 15.5. The first kappa shape index (κ1) is 26.6. The molecule has 1 heterocycles. The molecule has 1 fully saturated rings. The molecule has 1 saturated carbocycles. The lowest BCUT2D eigenvalue weighted by Crippen LogP contribution is -2.37. The Morgan fingerprint density at radius 1 is 1.07 bits per heavy atom. The third-order valence-corrected chi connectivity index (χ3v) is 8.75. The first-order valence-corrected chi connectivity index (χ1v) is 14.3. The molecule has 0 radical (unpaired) electrons. The van der Waals surface area contributed by atoms with Crippen molar-refractivity contribution in [2.24, 2.45) is 5.92 Å². The van der Waals surface area contributed by atoms with Gasteiger partial charge >= 0.3 is 6.03 Å². The first-order chi connectivity index (χ1) is 19.4. The second-order valence-corrected chi connectivity index (χ2v) is 11.3. The first-order valence-electron chi connectivity index (χ1n) is 13.5. The summed E-state index contributed by atoms with van der Waals surface area (Å²) in [6.07, 6.45) is 7.54. The van der Waals surface area contributed by atoms with Crippen LogP contribution in [0.1, 0.15) is 66.1 Å². The maximum Gasteiger partial charge on any atom is 0.315 e. The monoisotopic (exact) mass is 574 g/mol. The second kappa shape index (κ2) is 11.1. The number of rotatable bonds is 6. The zero-order chi connectivity index (χ0) is 27.8. The summed E-state index contributed by atoms with van der Waals surface area (Å²) in [5.41, 5.74) is 7.59. The minimum atomic E-state index is -0.270. The molecule has 6 rings (SSSR count). The average molecular weight is 576 g/mol. The van der Waals surface area contributed by atoms with Crippen LogP contribution in [0.2, 0.25) is 10.0 Å². The van der Waals surface area contributed by atoms with Crippen molar-refractivity contribution in [3.63, 3.8) is 0 Å². The van der Waals surface area contributed by atoms with E-state index in [9.17, 15) is 9.18 Å². The summed E-state index contributed by atoms with van der Waals surface area (Å²) in [4.78, 5) is 12.9. The molecule has 2 N–H and O–H groups in total. The Kier molecular flexibility index (Phi) is 7.39. The number of benzene rings is 3. The van der Waals surface area contributed by atoms with Crippen LogP contribution in [0.4, 0.5) is 9.18 Å². The van der Waals surface area contributed by atoms with Gasteiger partial charge in [-0.2, -0.15) is 5.10 Å². The Morgan fingerprint density at radius 3 is 2.67 bits per heavy atom. The highest BCUT2D eigenvalue weighted by molar-refractivity contribution is 6.42. The number of carbonyl (C=O) groups excluding carboxylic acids is 1. The highest BCUT2D eigenvalue weighted by Gasteiger charge is 2.38. The predicted molar refractivity (Wildman–Crippen MR) is 157 cm³/mol. The van der Waals surface area contributed by atoms with E-state index in [0.29, 0.717) is 22.5 Å². The molecule has 3 aromatic carbocycles. The molecule has 204 valence electrons. The van der Waals surface area contributed by atoms with Crippen molar-refractivity contribution >= 4 is 35.3 Å². The number of hydrogen-bond donors (Lipinski definition) is 2. The molecule has 0 saturated heterocycles. The smallest absolute Gasteiger partial charge is 0.315 e. The van der Waals surface area contributed by atoms with Gasteiger partial charge in [-0.3, -0.25) is 0 Å². The number of allylic oxidation sites excluding steroid dienone is 1. The minimum Gasteiger partial charge on any atom is -0.334 e. The topological polar surface area (TPSA) is 59.0 Å². The quantitative estimate of drug-likeness (QED) is 0.244. The number of aromatic nitrogens is 2. The van der Waals surface area contributed by atoms with E-state index in [2.05, 4.69) is 34.9 Å². The van der Waals surface area contributed by atoms with Gasteiger partial charge in [0.2, 0.25) is 0 Å². The number of halogens is 3. The number of hydrogen-bond acceptors (Lipinski definition) is 2. The van der Waals surface area contributed by atoms with Gasteiger partial charge in [0, 0.05) is 18.0 Å². The molecule has 0 spiro atoms. The number of nitrogens with zero attached hydrogens (tertiary/aromatic N) is 2. The van der Waals surface area contributed by atoms with E-state index < -0.39 is 0 Å². The third-order valence-electron chi connectivity index (χ3n) is 8.01. The molecule has 8 heteroatoms. The van der Waals surface area contributed by atoms with Crippen LogP contribution in [0, 0.1) is 11.7 Å². The van der Waals surface area contributed by atoms with Gasteiger partial charge in [-0.05, 0) is 91.3 Å². The van der Waals surface area contributed by atoms with E-state index in [1.165, 1.54) is 23.3 Å². The van der Waals surface area contributed by atoms with Crippen LogP contribution in [-0.4, -0.2) is 15.8 Å². The molecule has 40 heavy (non-hydrogen) atoms. The van der Waals surface area contributed by atoms with Crippen LogP contribution < -0.4 is 10.6 Å². The number of carbonyl (C=O) groups is 1. The maximum absolute atomic E-state index is 13.6. The fourth-order valence-corrected chi connectivity index (χ4v) is 6.44. The van der Waals surface area contributed by atoms with Gasteiger partial charge < -0.3 is 10.6 Å². The van der Waals surface area contributed by atoms with E-state index in [0.717, 1.165) is 47.3 Å². The summed E-state index contributed by atoms with van der Waals surface area (Å²) in [6.45, 7) is 2.34. The lowest BCUT2D eigenvalue weighted by atomic mass is 9.73. The second-order valence-electron chi connectivity index (χ2n) is 10.5. The molecule has 5 nitrogen and oxygen atoms in total. The summed E-state index contributed by atoms with van der Waals surface area (Å²) in [5.74, 6) is 0.231. The third kappa shape index (κ3) is 5.14. The van der Waals surface area contributed by atoms with E-state index in [-0.39, 0.29) is 23.8 Å². The summed E-state index contributed by atoms with van der Waals surface area (Å²) in [5, 5.41) is 11.7. The number of urea groups is 1. The Balaban J connectivity index is 1.27. The molecule has 4 aromatic rings. The fraction of sp³-hybridized carbons (Fsp3) is 0.250. The van der Waals surface area contributed by atoms with Crippen LogP contribution >= 0.6 is 23.2 Å². The largest absolute Gasteiger partial charge is 0.334 e. The minimum absolute atomic E-state index is 0.117. The molecule has 3 atom stereocenters. The number of nitrogens with one attached hydrogen (secondary N) is 2. The zero-order valence-electron chi connectivity index (χ0n) is 22.0. The highest BCUT2D eigenvalue weighted by Crippen LogP contribution is 2.51. The molecule has 2 aliphatic rings. The lowest BCUT2D eigenvalue weighted by Gasteiger charge is -2.32. The van der Waals surface area contributed by atoms with Crippen molar-refractivity contribution < 1.29 is 9.18 Å². The van der Waals surface area contributed by atoms with Gasteiger partial charge in [0.25, 0.3) is 0 Å². The van der Waals surface area contributed by atoms with E-state index in [1.54, 1.807) is 24.3 Å². The van der Waals surface area contributed by atoms with Gasteiger partial charge in [-0.1, -0.05) is 59.1 Å². The SMILES string of the molecule is CC(NC(=O)NCc1ccc(Cl)c(Cl)c1)c1ccccc1C1c2cnn(-c3ccc(F)cc3)c2C=C2CCCC21. The van der Waals surface area contributed by atoms with Crippen LogP contribution in [0.25, 0.3) is 11.8 Å². The molecule has 2 amide bonds. The summed E-state index contributed by atoms with van der Waals surface area (Å²) >= 11 is 12.1. The normalized spacial score (nSPS) is 18.4. The van der Waals surface area contributed by atoms with Crippen LogP contribution in [0.15, 0.2) is 78.5 Å². The van der Waals surface area contributed by atoms with Gasteiger partial charge in [0.15, 0.2) is 0 Å². The van der Waals surface area contributed by atoms with Crippen LogP contribution in [0.5, 0.6) is 0 Å². The van der Waals surface area contributed by atoms with Gasteiger partial charge in [-0.25, -0.2) is 13.9 Å². The van der Waals surface area contributed by atoms with E-state index in [4.69, 9.17) is 28.3 Å². The molecule has 1 aromatic heterocycles. The Bertz CT molecular complexity index is 1600. The summed E-state index contributed by atoms with van der Waals surface area (Å²) in [6, 6.07) is 19.6. The van der Waals surface area contributed by atoms with Crippen molar-refractivity contribution in [3.05, 3.63) is 122 Å². The van der Waals surface area contributed by atoms with Crippen molar-refractivity contribution in [3.8, 4) is 5.69 Å².